The molecular formula is C12H18ClN3O2. The second-order valence-electron chi connectivity index (χ2n) is 3.84. The molecule has 5 nitrogen and oxygen atoms in total. The van der Waals surface area contributed by atoms with E-state index in [9.17, 15) is 9.59 Å². The Morgan fingerprint density at radius 2 is 1.83 bits per heavy atom. The molecule has 1 aromatic rings. The minimum absolute atomic E-state index is 0. The van der Waals surface area contributed by atoms with Gasteiger partial charge in [0, 0.05) is 5.69 Å². The van der Waals surface area contributed by atoms with Crippen LogP contribution in [0.5, 0.6) is 0 Å². The quantitative estimate of drug-likeness (QED) is 0.739. The summed E-state index contributed by atoms with van der Waals surface area (Å²) < 4.78 is 0. The topological polar surface area (TPSA) is 98.2 Å². The number of rotatable bonds is 5. The molecule has 0 saturated carbocycles. The first-order valence-corrected chi connectivity index (χ1v) is 5.46. The summed E-state index contributed by atoms with van der Waals surface area (Å²) in [6, 6.07) is 6.44. The molecule has 0 fully saturated rings. The van der Waals surface area contributed by atoms with Gasteiger partial charge in [-0.2, -0.15) is 0 Å². The Bertz CT molecular complexity index is 406. The maximum absolute atomic E-state index is 11.5. The van der Waals surface area contributed by atoms with Crippen LogP contribution in [0, 0.1) is 0 Å². The van der Waals surface area contributed by atoms with Gasteiger partial charge >= 0.3 is 0 Å². The van der Waals surface area contributed by atoms with Crippen molar-refractivity contribution in [3.05, 3.63) is 29.8 Å². The Kier molecular flexibility index (Phi) is 7.00. The summed E-state index contributed by atoms with van der Waals surface area (Å²) in [7, 11) is 0. The van der Waals surface area contributed by atoms with E-state index >= 15 is 0 Å². The molecule has 0 unspecified atom stereocenters. The van der Waals surface area contributed by atoms with Gasteiger partial charge in [-0.25, -0.2) is 0 Å². The zero-order chi connectivity index (χ0) is 12.8. The van der Waals surface area contributed by atoms with Crippen LogP contribution in [-0.2, 0) is 16.0 Å². The van der Waals surface area contributed by atoms with Crippen molar-refractivity contribution in [1.82, 2.24) is 0 Å². The maximum atomic E-state index is 11.5. The Labute approximate surface area is 112 Å². The van der Waals surface area contributed by atoms with Crippen molar-refractivity contribution in [2.24, 2.45) is 11.5 Å². The molecule has 0 saturated heterocycles. The Morgan fingerprint density at radius 1 is 1.28 bits per heavy atom. The van der Waals surface area contributed by atoms with Gasteiger partial charge in [0.1, 0.15) is 0 Å². The molecule has 1 aromatic carbocycles. The number of amides is 2. The number of nitrogens with two attached hydrogens (primary N) is 2. The van der Waals surface area contributed by atoms with Crippen molar-refractivity contribution in [3.63, 3.8) is 0 Å². The van der Waals surface area contributed by atoms with Crippen molar-refractivity contribution in [2.75, 3.05) is 5.32 Å². The molecule has 18 heavy (non-hydrogen) atoms. The van der Waals surface area contributed by atoms with Crippen LogP contribution in [-0.4, -0.2) is 17.9 Å². The lowest BCUT2D eigenvalue weighted by molar-refractivity contribution is -0.118. The van der Waals surface area contributed by atoms with Crippen LogP contribution in [0.15, 0.2) is 24.3 Å². The van der Waals surface area contributed by atoms with Gasteiger partial charge < -0.3 is 16.8 Å². The second kappa shape index (κ2) is 7.68. The smallest absolute Gasteiger partial charge is 0.241 e. The largest absolute Gasteiger partial charge is 0.369 e. The maximum Gasteiger partial charge on any atom is 0.241 e. The zero-order valence-electron chi connectivity index (χ0n) is 10.2. The van der Waals surface area contributed by atoms with E-state index < -0.39 is 6.04 Å². The van der Waals surface area contributed by atoms with Crippen LogP contribution in [0.2, 0.25) is 0 Å². The number of carbonyl (C=O) groups is 2. The standard InChI is InChI=1S/C12H17N3O2.ClH/c1-2-10(13)12(17)15-9-5-3-8(4-6-9)7-11(14)16;/h3-6,10H,2,7,13H2,1H3,(H2,14,16)(H,15,17);1H/t10-;/m0./s1. The normalized spacial score (nSPS) is 11.2. The summed E-state index contributed by atoms with van der Waals surface area (Å²) in [5.74, 6) is -0.593. The van der Waals surface area contributed by atoms with E-state index in [1.54, 1.807) is 24.3 Å². The minimum atomic E-state index is -0.500. The Hall–Kier alpha value is -1.59. The highest BCUT2D eigenvalue weighted by Gasteiger charge is 2.10. The third kappa shape index (κ3) is 5.16. The van der Waals surface area contributed by atoms with Crippen molar-refractivity contribution in [1.29, 1.82) is 0 Å². The molecule has 0 aliphatic carbocycles. The number of hydrogen-bond acceptors (Lipinski definition) is 3. The molecule has 100 valence electrons. The highest BCUT2D eigenvalue weighted by molar-refractivity contribution is 5.94. The first-order chi connectivity index (χ1) is 8.02. The molecule has 0 aliphatic heterocycles. The fraction of sp³-hybridized carbons (Fsp3) is 0.333. The third-order valence-electron chi connectivity index (χ3n) is 2.38. The number of carbonyl (C=O) groups excluding carboxylic acids is 2. The van der Waals surface area contributed by atoms with Crippen LogP contribution < -0.4 is 16.8 Å². The van der Waals surface area contributed by atoms with Gasteiger partial charge in [-0.15, -0.1) is 12.4 Å². The van der Waals surface area contributed by atoms with Crippen LogP contribution in [0.25, 0.3) is 0 Å². The molecule has 0 aromatic heterocycles. The van der Waals surface area contributed by atoms with Crippen molar-refractivity contribution in [3.8, 4) is 0 Å². The van der Waals surface area contributed by atoms with E-state index in [2.05, 4.69) is 5.32 Å². The van der Waals surface area contributed by atoms with Crippen LogP contribution in [0.1, 0.15) is 18.9 Å². The number of anilines is 1. The van der Waals surface area contributed by atoms with Crippen LogP contribution >= 0.6 is 12.4 Å². The molecule has 2 amide bonds. The average molecular weight is 272 g/mol. The first-order valence-electron chi connectivity index (χ1n) is 5.46. The first kappa shape index (κ1) is 16.4. The molecule has 1 atom stereocenters. The highest BCUT2D eigenvalue weighted by Crippen LogP contribution is 2.10. The van der Waals surface area contributed by atoms with Crippen LogP contribution in [0.4, 0.5) is 5.69 Å². The monoisotopic (exact) mass is 271 g/mol. The van der Waals surface area contributed by atoms with Crippen LogP contribution in [0.3, 0.4) is 0 Å². The Balaban J connectivity index is 0.00000289. The molecule has 0 aliphatic rings. The summed E-state index contributed by atoms with van der Waals surface area (Å²) in [4.78, 5) is 22.2. The predicted molar refractivity (Wildman–Crippen MR) is 73.5 cm³/mol. The van der Waals surface area contributed by atoms with Gasteiger partial charge in [0.25, 0.3) is 0 Å². The van der Waals surface area contributed by atoms with E-state index in [1.807, 2.05) is 6.92 Å². The lowest BCUT2D eigenvalue weighted by Crippen LogP contribution is -2.34. The van der Waals surface area contributed by atoms with Gasteiger partial charge in [-0.1, -0.05) is 19.1 Å². The van der Waals surface area contributed by atoms with Crippen molar-refractivity contribution in [2.45, 2.75) is 25.8 Å². The van der Waals surface area contributed by atoms with Gasteiger partial charge in [0.15, 0.2) is 0 Å². The summed E-state index contributed by atoms with van der Waals surface area (Å²) >= 11 is 0. The number of nitrogens with one attached hydrogen (secondary N) is 1. The summed E-state index contributed by atoms with van der Waals surface area (Å²) in [5, 5.41) is 2.69. The van der Waals surface area contributed by atoms with Gasteiger partial charge in [-0.05, 0) is 24.1 Å². The van der Waals surface area contributed by atoms with E-state index in [-0.39, 0.29) is 30.6 Å². The number of primary amides is 1. The molecule has 0 bridgehead atoms. The van der Waals surface area contributed by atoms with E-state index in [1.165, 1.54) is 0 Å². The van der Waals surface area contributed by atoms with Gasteiger partial charge in [0.05, 0.1) is 12.5 Å². The van der Waals surface area contributed by atoms with Crippen molar-refractivity contribution >= 4 is 29.9 Å². The molecular weight excluding hydrogens is 254 g/mol. The number of halogens is 1. The lowest BCUT2D eigenvalue weighted by atomic mass is 10.1. The molecule has 1 rings (SSSR count). The summed E-state index contributed by atoms with van der Waals surface area (Å²) in [6.45, 7) is 1.85. The predicted octanol–water partition coefficient (Wildman–Crippen LogP) is 0.812. The SMILES string of the molecule is CC[C@H](N)C(=O)Nc1ccc(CC(N)=O)cc1.Cl. The fourth-order valence-corrected chi connectivity index (χ4v) is 1.33. The third-order valence-corrected chi connectivity index (χ3v) is 2.38. The van der Waals surface area contributed by atoms with Gasteiger partial charge in [-0.3, -0.25) is 9.59 Å². The zero-order valence-corrected chi connectivity index (χ0v) is 11.0. The Morgan fingerprint density at radius 3 is 2.28 bits per heavy atom. The molecule has 0 radical (unpaired) electrons. The molecule has 0 heterocycles. The number of hydrogen-bond donors (Lipinski definition) is 3. The lowest BCUT2D eigenvalue weighted by Gasteiger charge is -2.10. The van der Waals surface area contributed by atoms with E-state index in [4.69, 9.17) is 11.5 Å². The molecule has 5 N–H and O–H groups in total. The summed E-state index contributed by atoms with van der Waals surface area (Å²) in [5.41, 5.74) is 12.1. The van der Waals surface area contributed by atoms with E-state index in [0.717, 1.165) is 5.56 Å². The van der Waals surface area contributed by atoms with Crippen molar-refractivity contribution < 1.29 is 9.59 Å². The highest BCUT2D eigenvalue weighted by atomic mass is 35.5. The molecule has 6 heteroatoms. The fourth-order valence-electron chi connectivity index (χ4n) is 1.33. The number of benzene rings is 1. The van der Waals surface area contributed by atoms with Gasteiger partial charge in [0.2, 0.25) is 11.8 Å². The minimum Gasteiger partial charge on any atom is -0.369 e. The van der Waals surface area contributed by atoms with E-state index in [0.29, 0.717) is 12.1 Å². The average Bonchev–Trinajstić information content (AvgIpc) is 2.30. The second-order valence-corrected chi connectivity index (χ2v) is 3.84. The summed E-state index contributed by atoms with van der Waals surface area (Å²) in [6.07, 6.45) is 0.786. The molecule has 0 spiro atoms.